The summed E-state index contributed by atoms with van der Waals surface area (Å²) in [5.41, 5.74) is 0. The van der Waals surface area contributed by atoms with Crippen molar-refractivity contribution in [1.29, 1.82) is 0 Å². The van der Waals surface area contributed by atoms with E-state index in [1.165, 1.54) is 0 Å². The molecule has 0 radical (unpaired) electrons. The zero-order chi connectivity index (χ0) is 14.4. The first-order chi connectivity index (χ1) is 8.93. The summed E-state index contributed by atoms with van der Waals surface area (Å²) in [7, 11) is -3.50. The Hall–Kier alpha value is -0.893. The third-order valence-corrected chi connectivity index (χ3v) is 5.12. The molecule has 0 aliphatic carbocycles. The summed E-state index contributed by atoms with van der Waals surface area (Å²) >= 11 is 0. The van der Waals surface area contributed by atoms with Gasteiger partial charge in [0.2, 0.25) is 0 Å². The van der Waals surface area contributed by atoms with E-state index in [0.717, 1.165) is 0 Å². The van der Waals surface area contributed by atoms with Gasteiger partial charge in [-0.3, -0.25) is 0 Å². The molecule has 0 spiro atoms. The lowest BCUT2D eigenvalue weighted by molar-refractivity contribution is -0.163. The number of benzene rings is 1. The van der Waals surface area contributed by atoms with Gasteiger partial charge < -0.3 is 13.3 Å². The minimum atomic E-state index is -4.42. The first kappa shape index (κ1) is 16.2. The van der Waals surface area contributed by atoms with Gasteiger partial charge in [0.15, 0.2) is 0 Å². The number of rotatable bonds is 7. The summed E-state index contributed by atoms with van der Waals surface area (Å²) in [4.78, 5) is 0. The second-order valence-corrected chi connectivity index (χ2v) is 6.25. The Morgan fingerprint density at radius 1 is 0.947 bits per heavy atom. The molecule has 7 heteroatoms. The van der Waals surface area contributed by atoms with Crippen molar-refractivity contribution < 1.29 is 26.4 Å². The number of hydrogen-bond acceptors (Lipinski definition) is 3. The zero-order valence-electron chi connectivity index (χ0n) is 10.9. The van der Waals surface area contributed by atoms with E-state index < -0.39 is 21.6 Å². The van der Waals surface area contributed by atoms with Crippen molar-refractivity contribution >= 4 is 14.0 Å². The average molecular weight is 294 g/mol. The van der Waals surface area contributed by atoms with E-state index in [2.05, 4.69) is 0 Å². The first-order valence-electron chi connectivity index (χ1n) is 5.97. The van der Waals surface area contributed by atoms with Crippen LogP contribution in [-0.4, -0.2) is 34.8 Å². The van der Waals surface area contributed by atoms with Gasteiger partial charge in [-0.1, -0.05) is 30.3 Å². The molecule has 0 aliphatic rings. The first-order valence-corrected chi connectivity index (χ1v) is 7.70. The van der Waals surface area contributed by atoms with E-state index in [-0.39, 0.29) is 13.2 Å². The van der Waals surface area contributed by atoms with Gasteiger partial charge in [-0.2, -0.15) is 13.2 Å². The molecule has 1 aromatic rings. The minimum Gasteiger partial charge on any atom is -0.370 e. The highest BCUT2D eigenvalue weighted by Crippen LogP contribution is 2.19. The zero-order valence-corrected chi connectivity index (χ0v) is 11.9. The molecule has 0 amide bonds. The van der Waals surface area contributed by atoms with Crippen LogP contribution in [0.1, 0.15) is 13.8 Å². The Kier molecular flexibility index (Phi) is 5.99. The Morgan fingerprint density at radius 3 is 1.89 bits per heavy atom. The van der Waals surface area contributed by atoms with Crippen molar-refractivity contribution in [3.8, 4) is 0 Å². The van der Waals surface area contributed by atoms with Crippen LogP contribution in [-0.2, 0) is 13.3 Å². The molecule has 0 saturated heterocycles. The fourth-order valence-corrected chi connectivity index (χ4v) is 4.04. The van der Waals surface area contributed by atoms with E-state index in [9.17, 15) is 13.2 Å². The normalized spacial score (nSPS) is 12.7. The number of alkyl halides is 3. The standard InChI is InChI=1S/C12H17F3O3Si/c1-3-16-19(17-4-2,18-10-12(13,14)15)11-8-6-5-7-9-11/h5-9H,3-4,10H2,1-2H3. The molecule has 0 heterocycles. The molecule has 0 bridgehead atoms. The maximum atomic E-state index is 12.4. The van der Waals surface area contributed by atoms with Crippen LogP contribution < -0.4 is 5.19 Å². The largest absolute Gasteiger partial charge is 0.537 e. The average Bonchev–Trinajstić information content (AvgIpc) is 2.37. The lowest BCUT2D eigenvalue weighted by Gasteiger charge is -2.29. The van der Waals surface area contributed by atoms with Crippen LogP contribution >= 0.6 is 0 Å². The smallest absolute Gasteiger partial charge is 0.370 e. The molecular formula is C12H17F3O3Si. The number of halogens is 3. The Balaban J connectivity index is 3.00. The van der Waals surface area contributed by atoms with Crippen molar-refractivity contribution in [3.05, 3.63) is 30.3 Å². The van der Waals surface area contributed by atoms with Gasteiger partial charge in [0.1, 0.15) is 6.61 Å². The van der Waals surface area contributed by atoms with E-state index in [1.807, 2.05) is 0 Å². The lowest BCUT2D eigenvalue weighted by atomic mass is 10.4. The molecule has 19 heavy (non-hydrogen) atoms. The molecule has 0 unspecified atom stereocenters. The molecule has 0 N–H and O–H groups in total. The van der Waals surface area contributed by atoms with Crippen molar-refractivity contribution in [2.75, 3.05) is 19.8 Å². The van der Waals surface area contributed by atoms with E-state index >= 15 is 0 Å². The maximum absolute atomic E-state index is 12.4. The Bertz CT molecular complexity index is 364. The fourth-order valence-electron chi connectivity index (χ4n) is 1.57. The molecule has 0 aromatic heterocycles. The van der Waals surface area contributed by atoms with Crippen LogP contribution in [0.2, 0.25) is 0 Å². The second kappa shape index (κ2) is 7.04. The Labute approximate surface area is 111 Å². The summed E-state index contributed by atoms with van der Waals surface area (Å²) in [5.74, 6) is 0. The van der Waals surface area contributed by atoms with E-state index in [0.29, 0.717) is 5.19 Å². The predicted molar refractivity (Wildman–Crippen MR) is 67.1 cm³/mol. The van der Waals surface area contributed by atoms with Gasteiger partial charge in [0.05, 0.1) is 0 Å². The highest BCUT2D eigenvalue weighted by molar-refractivity contribution is 6.75. The fraction of sp³-hybridized carbons (Fsp3) is 0.500. The summed E-state index contributed by atoms with van der Waals surface area (Å²) < 4.78 is 53.0. The molecule has 108 valence electrons. The van der Waals surface area contributed by atoms with Crippen molar-refractivity contribution in [3.63, 3.8) is 0 Å². The molecule has 0 saturated carbocycles. The molecule has 0 fully saturated rings. The van der Waals surface area contributed by atoms with Gasteiger partial charge in [0, 0.05) is 18.4 Å². The quantitative estimate of drug-likeness (QED) is 0.723. The lowest BCUT2D eigenvalue weighted by Crippen LogP contribution is -2.57. The highest BCUT2D eigenvalue weighted by atomic mass is 28.4. The van der Waals surface area contributed by atoms with Gasteiger partial charge in [-0.05, 0) is 13.8 Å². The van der Waals surface area contributed by atoms with Gasteiger partial charge in [-0.15, -0.1) is 0 Å². The van der Waals surface area contributed by atoms with Crippen LogP contribution in [0.15, 0.2) is 30.3 Å². The third kappa shape index (κ3) is 4.94. The van der Waals surface area contributed by atoms with E-state index in [4.69, 9.17) is 13.3 Å². The molecule has 1 rings (SSSR count). The minimum absolute atomic E-state index is 0.221. The molecule has 0 aliphatic heterocycles. The number of hydrogen-bond donors (Lipinski definition) is 0. The molecule has 0 atom stereocenters. The van der Waals surface area contributed by atoms with Gasteiger partial charge >= 0.3 is 15.0 Å². The third-order valence-electron chi connectivity index (χ3n) is 2.22. The molecular weight excluding hydrogens is 277 g/mol. The second-order valence-electron chi connectivity index (χ2n) is 3.69. The van der Waals surface area contributed by atoms with Gasteiger partial charge in [-0.25, -0.2) is 0 Å². The molecule has 1 aromatic carbocycles. The SMILES string of the molecule is CCO[Si](OCC)(OCC(F)(F)F)c1ccccc1. The van der Waals surface area contributed by atoms with Crippen LogP contribution in [0.4, 0.5) is 13.2 Å². The van der Waals surface area contributed by atoms with Crippen LogP contribution in [0, 0.1) is 0 Å². The Morgan fingerprint density at radius 2 is 1.47 bits per heavy atom. The van der Waals surface area contributed by atoms with Crippen molar-refractivity contribution in [2.45, 2.75) is 20.0 Å². The summed E-state index contributed by atoms with van der Waals surface area (Å²) in [6, 6.07) is 8.52. The molecule has 3 nitrogen and oxygen atoms in total. The van der Waals surface area contributed by atoms with Crippen molar-refractivity contribution in [1.82, 2.24) is 0 Å². The van der Waals surface area contributed by atoms with Crippen LogP contribution in [0.5, 0.6) is 0 Å². The highest BCUT2D eigenvalue weighted by Gasteiger charge is 2.46. The topological polar surface area (TPSA) is 27.7 Å². The summed E-state index contributed by atoms with van der Waals surface area (Å²) in [5, 5.41) is 0.531. The predicted octanol–water partition coefficient (Wildman–Crippen LogP) is 2.48. The summed E-state index contributed by atoms with van der Waals surface area (Å²) in [6.45, 7) is 2.45. The van der Waals surface area contributed by atoms with Crippen molar-refractivity contribution in [2.24, 2.45) is 0 Å². The summed E-state index contributed by atoms with van der Waals surface area (Å²) in [6.07, 6.45) is -4.42. The monoisotopic (exact) mass is 294 g/mol. The van der Waals surface area contributed by atoms with Crippen LogP contribution in [0.3, 0.4) is 0 Å². The maximum Gasteiger partial charge on any atom is 0.537 e. The van der Waals surface area contributed by atoms with E-state index in [1.54, 1.807) is 44.2 Å². The van der Waals surface area contributed by atoms with Gasteiger partial charge in [0.25, 0.3) is 0 Å². The van der Waals surface area contributed by atoms with Crippen LogP contribution in [0.25, 0.3) is 0 Å².